The minimum Gasteiger partial charge on any atom is -0.370 e. The third-order valence-corrected chi connectivity index (χ3v) is 5.83. The summed E-state index contributed by atoms with van der Waals surface area (Å²) in [6.07, 6.45) is -4.79. The van der Waals surface area contributed by atoms with E-state index in [0.717, 1.165) is 11.6 Å². The van der Waals surface area contributed by atoms with Crippen LogP contribution in [0.25, 0.3) is 0 Å². The zero-order chi connectivity index (χ0) is 26.7. The zero-order valence-corrected chi connectivity index (χ0v) is 19.9. The lowest BCUT2D eigenvalue weighted by atomic mass is 10.1. The summed E-state index contributed by atoms with van der Waals surface area (Å²) in [4.78, 5) is 31.4. The Morgan fingerprint density at radius 3 is 2.33 bits per heavy atom. The molecule has 4 N–H and O–H groups in total. The number of amides is 2. The Hall–Kier alpha value is -3.65. The average molecular weight is 528 g/mol. The summed E-state index contributed by atoms with van der Waals surface area (Å²) in [6, 6.07) is 10.0. The molecule has 0 saturated carbocycles. The number of nitrogens with zero attached hydrogens (tertiary/aromatic N) is 3. The van der Waals surface area contributed by atoms with Crippen LogP contribution in [0.4, 0.5) is 18.9 Å². The third kappa shape index (κ3) is 6.95. The molecule has 0 atom stereocenters. The second-order valence-electron chi connectivity index (χ2n) is 8.09. The number of guanidine groups is 1. The van der Waals surface area contributed by atoms with Gasteiger partial charge in [-0.15, -0.1) is 0 Å². The summed E-state index contributed by atoms with van der Waals surface area (Å²) >= 11 is 0. The van der Waals surface area contributed by atoms with E-state index in [1.54, 1.807) is 23.1 Å². The number of halogens is 3. The van der Waals surface area contributed by atoms with Crippen LogP contribution in [0.15, 0.2) is 47.5 Å². The van der Waals surface area contributed by atoms with Gasteiger partial charge in [0, 0.05) is 43.0 Å². The van der Waals surface area contributed by atoms with Gasteiger partial charge in [0.25, 0.3) is 21.9 Å². The van der Waals surface area contributed by atoms with Crippen molar-refractivity contribution in [3.8, 4) is 0 Å². The highest BCUT2D eigenvalue weighted by Gasteiger charge is 2.36. The molecule has 194 valence electrons. The van der Waals surface area contributed by atoms with Gasteiger partial charge in [-0.3, -0.25) is 19.5 Å². The monoisotopic (exact) mass is 527 g/mol. The number of aryl methyl sites for hydroxylation is 1. The fraction of sp³-hybridized carbons (Fsp3) is 0.318. The second-order valence-corrected chi connectivity index (χ2v) is 9.51. The van der Waals surface area contributed by atoms with Crippen molar-refractivity contribution < 1.29 is 35.7 Å². The second kappa shape index (κ2) is 10.5. The van der Waals surface area contributed by atoms with Crippen LogP contribution in [-0.2, 0) is 16.3 Å². The molecule has 10 nitrogen and oxygen atoms in total. The highest BCUT2D eigenvalue weighted by molar-refractivity contribution is 7.85. The van der Waals surface area contributed by atoms with Crippen LogP contribution in [0, 0.1) is 6.92 Å². The van der Waals surface area contributed by atoms with Crippen LogP contribution in [-0.4, -0.2) is 67.7 Å². The predicted molar refractivity (Wildman–Crippen MR) is 126 cm³/mol. The molecule has 36 heavy (non-hydrogen) atoms. The van der Waals surface area contributed by atoms with Gasteiger partial charge in [0.15, 0.2) is 11.8 Å². The number of hydrogen-bond donors (Lipinski definition) is 3. The fourth-order valence-electron chi connectivity index (χ4n) is 3.67. The average Bonchev–Trinajstić information content (AvgIpc) is 2.81. The predicted octanol–water partition coefficient (Wildman–Crippen LogP) is 1.87. The van der Waals surface area contributed by atoms with E-state index in [9.17, 15) is 31.2 Å². The standard InChI is InChI=1S/C22H24F3N5O5S/c1-14-3-2-4-16(11-14)20(32)30-9-7-29(8-10-30)18-6-5-15(12-17(18)22(23,24)25)19(31)28-21(26)27-13-36(33,34)35/h2-6,11-12H,7-10,13H2,1H3,(H,33,34,35)(H3,26,27,28,31). The molecule has 0 aromatic heterocycles. The molecule has 0 unspecified atom stereocenters. The van der Waals surface area contributed by atoms with Gasteiger partial charge in [0.1, 0.15) is 0 Å². The molecule has 1 heterocycles. The van der Waals surface area contributed by atoms with Gasteiger partial charge in [-0.2, -0.15) is 21.6 Å². The highest BCUT2D eigenvalue weighted by atomic mass is 32.2. The smallest absolute Gasteiger partial charge is 0.370 e. The van der Waals surface area contributed by atoms with Crippen molar-refractivity contribution in [3.63, 3.8) is 0 Å². The third-order valence-electron chi connectivity index (χ3n) is 5.38. The Labute approximate surface area is 205 Å². The van der Waals surface area contributed by atoms with E-state index in [2.05, 4.69) is 4.99 Å². The van der Waals surface area contributed by atoms with Crippen LogP contribution in [0.2, 0.25) is 0 Å². The molecule has 0 bridgehead atoms. The van der Waals surface area contributed by atoms with Crippen LogP contribution in [0.5, 0.6) is 0 Å². The first-order chi connectivity index (χ1) is 16.7. The molecular formula is C22H24F3N5O5S. The summed E-state index contributed by atoms with van der Waals surface area (Å²) in [5.41, 5.74) is 5.20. The number of anilines is 1. The summed E-state index contributed by atoms with van der Waals surface area (Å²) in [5.74, 6) is -3.05. The summed E-state index contributed by atoms with van der Waals surface area (Å²) in [6.45, 7) is 2.60. The Morgan fingerprint density at radius 2 is 1.75 bits per heavy atom. The minimum atomic E-state index is -4.79. The number of carbonyl (C=O) groups excluding carboxylic acids is 2. The maximum absolute atomic E-state index is 13.9. The lowest BCUT2D eigenvalue weighted by Gasteiger charge is -2.37. The molecule has 0 aliphatic carbocycles. The van der Waals surface area contributed by atoms with Gasteiger partial charge < -0.3 is 15.5 Å². The lowest BCUT2D eigenvalue weighted by Crippen LogP contribution is -2.49. The van der Waals surface area contributed by atoms with Gasteiger partial charge in [-0.25, -0.2) is 4.99 Å². The largest absolute Gasteiger partial charge is 0.418 e. The first-order valence-corrected chi connectivity index (χ1v) is 12.2. The maximum Gasteiger partial charge on any atom is 0.418 e. The lowest BCUT2D eigenvalue weighted by molar-refractivity contribution is -0.137. The number of carbonyl (C=O) groups is 2. The van der Waals surface area contributed by atoms with Crippen LogP contribution >= 0.6 is 0 Å². The Kier molecular flexibility index (Phi) is 7.89. The van der Waals surface area contributed by atoms with E-state index < -0.39 is 39.6 Å². The molecule has 0 radical (unpaired) electrons. The molecule has 1 aliphatic heterocycles. The van der Waals surface area contributed by atoms with Crippen LogP contribution < -0.4 is 16.0 Å². The first-order valence-electron chi connectivity index (χ1n) is 10.6. The molecule has 3 rings (SSSR count). The van der Waals surface area contributed by atoms with Crippen molar-refractivity contribution in [2.24, 2.45) is 10.7 Å². The van der Waals surface area contributed by atoms with Gasteiger partial charge in [0.05, 0.1) is 5.56 Å². The number of aliphatic imine (C=N–C) groups is 1. The van der Waals surface area contributed by atoms with Gasteiger partial charge >= 0.3 is 6.18 Å². The van der Waals surface area contributed by atoms with E-state index in [-0.39, 0.29) is 43.3 Å². The molecule has 1 aliphatic rings. The van der Waals surface area contributed by atoms with Gasteiger partial charge in [-0.05, 0) is 37.3 Å². The number of nitrogens with one attached hydrogen (secondary N) is 1. The zero-order valence-electron chi connectivity index (χ0n) is 19.1. The minimum absolute atomic E-state index is 0.144. The summed E-state index contributed by atoms with van der Waals surface area (Å²) < 4.78 is 71.7. The summed E-state index contributed by atoms with van der Waals surface area (Å²) in [5, 5.41) is 1.97. The molecule has 2 aromatic carbocycles. The molecule has 0 spiro atoms. The molecule has 2 amide bonds. The number of nitrogens with two attached hydrogens (primary N) is 1. The van der Waals surface area contributed by atoms with Crippen molar-refractivity contribution in [1.29, 1.82) is 0 Å². The van der Waals surface area contributed by atoms with Crippen molar-refractivity contribution >= 4 is 33.6 Å². The maximum atomic E-state index is 13.9. The Balaban J connectivity index is 1.75. The number of benzene rings is 2. The van der Waals surface area contributed by atoms with Gasteiger partial charge in [-0.1, -0.05) is 17.7 Å². The molecule has 14 heteroatoms. The molecule has 1 fully saturated rings. The first kappa shape index (κ1) is 26.9. The van der Waals surface area contributed by atoms with Crippen LogP contribution in [0.1, 0.15) is 31.8 Å². The highest BCUT2D eigenvalue weighted by Crippen LogP contribution is 2.37. The molecule has 1 saturated heterocycles. The SMILES string of the molecule is Cc1cccc(C(=O)N2CCN(c3ccc(C(=O)NC(N)=NCS(=O)(=O)O)cc3C(F)(F)F)CC2)c1. The number of hydrogen-bond acceptors (Lipinski definition) is 6. The van der Waals surface area contributed by atoms with E-state index in [1.807, 2.05) is 18.3 Å². The topological polar surface area (TPSA) is 145 Å². The molecule has 2 aromatic rings. The van der Waals surface area contributed by atoms with Gasteiger partial charge in [0.2, 0.25) is 0 Å². The quantitative estimate of drug-likeness (QED) is 0.306. The van der Waals surface area contributed by atoms with Crippen molar-refractivity contribution in [2.75, 3.05) is 37.0 Å². The number of piperazine rings is 1. The number of rotatable bonds is 5. The summed E-state index contributed by atoms with van der Waals surface area (Å²) in [7, 11) is -4.49. The van der Waals surface area contributed by atoms with E-state index in [1.165, 1.54) is 11.0 Å². The number of alkyl halides is 3. The van der Waals surface area contributed by atoms with Crippen LogP contribution in [0.3, 0.4) is 0 Å². The normalized spacial score (nSPS) is 15.1. The fourth-order valence-corrected chi connectivity index (χ4v) is 3.97. The van der Waals surface area contributed by atoms with E-state index >= 15 is 0 Å². The van der Waals surface area contributed by atoms with E-state index in [0.29, 0.717) is 11.6 Å². The Morgan fingerprint density at radius 1 is 1.08 bits per heavy atom. The van der Waals surface area contributed by atoms with E-state index in [4.69, 9.17) is 10.3 Å². The molecular weight excluding hydrogens is 503 g/mol. The van der Waals surface area contributed by atoms with Crippen molar-refractivity contribution in [3.05, 3.63) is 64.7 Å². The van der Waals surface area contributed by atoms with Crippen molar-refractivity contribution in [2.45, 2.75) is 13.1 Å². The van der Waals surface area contributed by atoms with Crippen molar-refractivity contribution in [1.82, 2.24) is 10.2 Å². The Bertz CT molecular complexity index is 1290.